The Morgan fingerprint density at radius 1 is 1.69 bits per heavy atom. The van der Waals surface area contributed by atoms with Crippen molar-refractivity contribution >= 4 is 18.1 Å². The van der Waals surface area contributed by atoms with Crippen molar-refractivity contribution in [1.29, 1.82) is 0 Å². The van der Waals surface area contributed by atoms with Crippen molar-refractivity contribution in [2.24, 2.45) is 5.92 Å². The standard InChI is InChI=1S/C8H12N2O3/c11-5-9-4-7(12)3-6-1-2-10-8(6)13/h5-6H,1-4H2,(H,9,11)(H,10,13)/t6-/m1/s1. The maximum Gasteiger partial charge on any atom is 0.223 e. The zero-order valence-electron chi connectivity index (χ0n) is 7.21. The van der Waals surface area contributed by atoms with Crippen LogP contribution in [0, 0.1) is 5.92 Å². The van der Waals surface area contributed by atoms with Gasteiger partial charge in [-0.05, 0) is 6.42 Å². The third-order valence-corrected chi connectivity index (χ3v) is 2.02. The minimum Gasteiger partial charge on any atom is -0.356 e. The highest BCUT2D eigenvalue weighted by molar-refractivity contribution is 5.89. The highest BCUT2D eigenvalue weighted by Crippen LogP contribution is 2.13. The number of rotatable bonds is 5. The van der Waals surface area contributed by atoms with Crippen molar-refractivity contribution in [1.82, 2.24) is 10.6 Å². The van der Waals surface area contributed by atoms with Crippen LogP contribution in [0.25, 0.3) is 0 Å². The highest BCUT2D eigenvalue weighted by Gasteiger charge is 2.25. The monoisotopic (exact) mass is 184 g/mol. The van der Waals surface area contributed by atoms with Crippen LogP contribution in [0.3, 0.4) is 0 Å². The van der Waals surface area contributed by atoms with Gasteiger partial charge in [-0.15, -0.1) is 0 Å². The van der Waals surface area contributed by atoms with E-state index in [0.717, 1.165) is 0 Å². The van der Waals surface area contributed by atoms with Gasteiger partial charge < -0.3 is 10.6 Å². The predicted octanol–water partition coefficient (Wildman–Crippen LogP) is -1.17. The number of Topliss-reactive ketones (excluding diaryl/α,β-unsaturated/α-hetero) is 1. The van der Waals surface area contributed by atoms with Crippen molar-refractivity contribution < 1.29 is 14.4 Å². The van der Waals surface area contributed by atoms with Crippen LogP contribution in [0.1, 0.15) is 12.8 Å². The van der Waals surface area contributed by atoms with Crippen LogP contribution in [-0.4, -0.2) is 31.2 Å². The number of ketones is 1. The Labute approximate surface area is 75.9 Å². The summed E-state index contributed by atoms with van der Waals surface area (Å²) in [5.74, 6) is -0.352. The molecule has 0 unspecified atom stereocenters. The van der Waals surface area contributed by atoms with Crippen LogP contribution in [0.5, 0.6) is 0 Å². The Kier molecular flexibility index (Phi) is 3.42. The van der Waals surface area contributed by atoms with E-state index in [-0.39, 0.29) is 30.6 Å². The number of amides is 2. The largest absolute Gasteiger partial charge is 0.356 e. The molecule has 0 spiro atoms. The maximum atomic E-state index is 11.1. The van der Waals surface area contributed by atoms with Gasteiger partial charge in [0.2, 0.25) is 12.3 Å². The zero-order chi connectivity index (χ0) is 9.68. The topological polar surface area (TPSA) is 75.3 Å². The molecule has 0 aromatic heterocycles. The second-order valence-electron chi connectivity index (χ2n) is 3.02. The predicted molar refractivity (Wildman–Crippen MR) is 44.8 cm³/mol. The van der Waals surface area contributed by atoms with Gasteiger partial charge in [0.1, 0.15) is 0 Å². The van der Waals surface area contributed by atoms with Gasteiger partial charge in [0.05, 0.1) is 6.54 Å². The van der Waals surface area contributed by atoms with Gasteiger partial charge in [-0.25, -0.2) is 0 Å². The lowest BCUT2D eigenvalue weighted by molar-refractivity contribution is -0.127. The van der Waals surface area contributed by atoms with E-state index in [1.54, 1.807) is 0 Å². The van der Waals surface area contributed by atoms with E-state index in [2.05, 4.69) is 10.6 Å². The number of hydrogen-bond acceptors (Lipinski definition) is 3. The molecule has 0 saturated carbocycles. The van der Waals surface area contributed by atoms with E-state index >= 15 is 0 Å². The molecule has 1 aliphatic heterocycles. The SMILES string of the molecule is O=CNCC(=O)C[C@H]1CCNC1=O. The van der Waals surface area contributed by atoms with Crippen LogP contribution in [0.2, 0.25) is 0 Å². The highest BCUT2D eigenvalue weighted by atomic mass is 16.2. The summed E-state index contributed by atoms with van der Waals surface area (Å²) in [5.41, 5.74) is 0. The summed E-state index contributed by atoms with van der Waals surface area (Å²) in [4.78, 5) is 32.0. The van der Waals surface area contributed by atoms with Crippen molar-refractivity contribution in [2.45, 2.75) is 12.8 Å². The third-order valence-electron chi connectivity index (χ3n) is 2.02. The Morgan fingerprint density at radius 3 is 3.00 bits per heavy atom. The normalized spacial score (nSPS) is 20.9. The fourth-order valence-electron chi connectivity index (χ4n) is 1.34. The first-order chi connectivity index (χ1) is 6.24. The molecule has 1 heterocycles. The first-order valence-electron chi connectivity index (χ1n) is 4.20. The minimum atomic E-state index is -0.194. The van der Waals surface area contributed by atoms with E-state index in [1.807, 2.05) is 0 Å². The number of carbonyl (C=O) groups is 3. The van der Waals surface area contributed by atoms with Crippen LogP contribution in [0.4, 0.5) is 0 Å². The molecular weight excluding hydrogens is 172 g/mol. The summed E-state index contributed by atoms with van der Waals surface area (Å²) in [6.07, 6.45) is 1.42. The molecule has 1 atom stereocenters. The van der Waals surface area contributed by atoms with Crippen molar-refractivity contribution in [3.63, 3.8) is 0 Å². The summed E-state index contributed by atoms with van der Waals surface area (Å²) in [7, 11) is 0. The summed E-state index contributed by atoms with van der Waals surface area (Å²) in [6, 6.07) is 0. The average Bonchev–Trinajstić information content (AvgIpc) is 2.48. The molecule has 2 N–H and O–H groups in total. The van der Waals surface area contributed by atoms with E-state index in [0.29, 0.717) is 19.4 Å². The van der Waals surface area contributed by atoms with Gasteiger partial charge in [0.25, 0.3) is 0 Å². The molecule has 0 aromatic carbocycles. The van der Waals surface area contributed by atoms with E-state index < -0.39 is 0 Å². The van der Waals surface area contributed by atoms with Crippen LogP contribution in [0.15, 0.2) is 0 Å². The fourth-order valence-corrected chi connectivity index (χ4v) is 1.34. The number of hydrogen-bond donors (Lipinski definition) is 2. The summed E-state index contributed by atoms with van der Waals surface area (Å²) < 4.78 is 0. The first kappa shape index (κ1) is 9.70. The molecule has 5 heteroatoms. The minimum absolute atomic E-state index is 0.0211. The molecule has 1 fully saturated rings. The van der Waals surface area contributed by atoms with E-state index in [1.165, 1.54) is 0 Å². The molecule has 0 aliphatic carbocycles. The Balaban J connectivity index is 2.26. The van der Waals surface area contributed by atoms with Gasteiger partial charge >= 0.3 is 0 Å². The first-order valence-corrected chi connectivity index (χ1v) is 4.20. The summed E-state index contributed by atoms with van der Waals surface area (Å²) in [6.45, 7) is 0.672. The molecular formula is C8H12N2O3. The van der Waals surface area contributed by atoms with Gasteiger partial charge in [-0.3, -0.25) is 14.4 Å². The quantitative estimate of drug-likeness (QED) is 0.528. The molecule has 0 bridgehead atoms. The summed E-state index contributed by atoms with van der Waals surface area (Å²) >= 11 is 0. The molecule has 0 aromatic rings. The molecule has 13 heavy (non-hydrogen) atoms. The molecule has 2 amide bonds. The Hall–Kier alpha value is -1.39. The molecule has 72 valence electrons. The summed E-state index contributed by atoms with van der Waals surface area (Å²) in [5, 5.41) is 4.92. The second-order valence-corrected chi connectivity index (χ2v) is 3.02. The second kappa shape index (κ2) is 4.59. The molecule has 1 rings (SSSR count). The average molecular weight is 184 g/mol. The Bertz CT molecular complexity index is 227. The van der Waals surface area contributed by atoms with E-state index in [4.69, 9.17) is 0 Å². The lowest BCUT2D eigenvalue weighted by atomic mass is 10.0. The van der Waals surface area contributed by atoms with Gasteiger partial charge in [0, 0.05) is 18.9 Å². The van der Waals surface area contributed by atoms with Gasteiger partial charge in [-0.1, -0.05) is 0 Å². The van der Waals surface area contributed by atoms with Crippen molar-refractivity contribution in [2.75, 3.05) is 13.1 Å². The van der Waals surface area contributed by atoms with Crippen LogP contribution in [-0.2, 0) is 14.4 Å². The third kappa shape index (κ3) is 2.85. The molecule has 0 radical (unpaired) electrons. The van der Waals surface area contributed by atoms with Crippen LogP contribution >= 0.6 is 0 Å². The fraction of sp³-hybridized carbons (Fsp3) is 0.625. The lowest BCUT2D eigenvalue weighted by Crippen LogP contribution is -2.26. The van der Waals surface area contributed by atoms with Crippen molar-refractivity contribution in [3.8, 4) is 0 Å². The van der Waals surface area contributed by atoms with E-state index in [9.17, 15) is 14.4 Å². The number of carbonyl (C=O) groups excluding carboxylic acids is 3. The van der Waals surface area contributed by atoms with Crippen molar-refractivity contribution in [3.05, 3.63) is 0 Å². The smallest absolute Gasteiger partial charge is 0.223 e. The zero-order valence-corrected chi connectivity index (χ0v) is 7.21. The number of nitrogens with one attached hydrogen (secondary N) is 2. The molecule has 1 saturated heterocycles. The Morgan fingerprint density at radius 2 is 2.46 bits per heavy atom. The molecule has 1 aliphatic rings. The van der Waals surface area contributed by atoms with Gasteiger partial charge in [0.15, 0.2) is 5.78 Å². The van der Waals surface area contributed by atoms with Crippen LogP contribution < -0.4 is 10.6 Å². The molecule has 5 nitrogen and oxygen atoms in total. The van der Waals surface area contributed by atoms with Gasteiger partial charge in [-0.2, -0.15) is 0 Å². The maximum absolute atomic E-state index is 11.1. The lowest BCUT2D eigenvalue weighted by Gasteiger charge is -2.04.